The standard InChI is InChI=1S/C11H17BO3.C9H8BrN3O.C4H3Br2N3/c1-8-6-7-9(13-8)12-14-10(2,3)11(4,5)15-12;1-5-2-3-6(14-5)8-9(11)12-4-7(10)13-8;5-2-1-8-4(7)3(6)9-2/h6-7H,1-5H3;2-4H,1H3,(H2,11,12);1H,(H2,7,8). The first-order chi connectivity index (χ1) is 17.7. The maximum atomic E-state index is 5.85. The number of anilines is 2. The van der Waals surface area contributed by atoms with E-state index in [0.717, 1.165) is 17.2 Å². The molecule has 1 fully saturated rings. The second-order valence-electron chi connectivity index (χ2n) is 9.24. The summed E-state index contributed by atoms with van der Waals surface area (Å²) in [7, 11) is -0.385. The zero-order valence-electron chi connectivity index (χ0n) is 21.8. The van der Waals surface area contributed by atoms with E-state index in [9.17, 15) is 0 Å². The molecule has 0 bridgehead atoms. The van der Waals surface area contributed by atoms with E-state index in [1.54, 1.807) is 12.4 Å². The van der Waals surface area contributed by atoms with Crippen LogP contribution in [0.5, 0.6) is 0 Å². The topological polar surface area (TPSA) is 148 Å². The summed E-state index contributed by atoms with van der Waals surface area (Å²) in [5, 5.41) is 0. The minimum atomic E-state index is -0.385. The van der Waals surface area contributed by atoms with Crippen LogP contribution in [-0.4, -0.2) is 38.3 Å². The molecule has 1 saturated heterocycles. The van der Waals surface area contributed by atoms with Crippen molar-refractivity contribution in [3.05, 3.63) is 62.0 Å². The first kappa shape index (κ1) is 30.3. The zero-order valence-corrected chi connectivity index (χ0v) is 26.5. The Morgan fingerprint density at radius 2 is 1.26 bits per heavy atom. The predicted molar refractivity (Wildman–Crippen MR) is 158 cm³/mol. The molecule has 10 nitrogen and oxygen atoms in total. The molecule has 5 rings (SSSR count). The van der Waals surface area contributed by atoms with Crippen LogP contribution in [0, 0.1) is 13.8 Å². The van der Waals surface area contributed by atoms with Gasteiger partial charge in [-0.15, -0.1) is 0 Å². The fourth-order valence-electron chi connectivity index (χ4n) is 3.02. The molecule has 0 saturated carbocycles. The average molecular weight is 715 g/mol. The number of halogens is 3. The predicted octanol–water partition coefficient (Wildman–Crippen LogP) is 5.86. The molecule has 4 aromatic heterocycles. The number of aryl methyl sites for hydroxylation is 2. The van der Waals surface area contributed by atoms with Crippen LogP contribution in [0.2, 0.25) is 0 Å². The van der Waals surface area contributed by atoms with Gasteiger partial charge in [0.15, 0.2) is 17.4 Å². The SMILES string of the molecule is Cc1ccc(-c2nc(Br)cnc2N)o1.Cc1ccc(B2OC(C)(C)C(C)(C)O2)o1.Nc1ncc(Br)nc1Br. The molecule has 38 heavy (non-hydrogen) atoms. The number of nitrogen functional groups attached to an aromatic ring is 2. The second kappa shape index (κ2) is 12.3. The average Bonchev–Trinajstić information content (AvgIpc) is 3.51. The molecule has 0 aromatic carbocycles. The highest BCUT2D eigenvalue weighted by Gasteiger charge is 2.53. The van der Waals surface area contributed by atoms with E-state index >= 15 is 0 Å². The molecule has 0 spiro atoms. The fourth-order valence-corrected chi connectivity index (χ4v) is 4.11. The summed E-state index contributed by atoms with van der Waals surface area (Å²) >= 11 is 9.48. The summed E-state index contributed by atoms with van der Waals surface area (Å²) < 4.78 is 24.5. The van der Waals surface area contributed by atoms with Crippen LogP contribution in [0.4, 0.5) is 11.6 Å². The largest absolute Gasteiger partial charge is 0.532 e. The Balaban J connectivity index is 0.000000163. The Kier molecular flexibility index (Phi) is 9.79. The van der Waals surface area contributed by atoms with Gasteiger partial charge in [0.2, 0.25) is 0 Å². The van der Waals surface area contributed by atoms with Crippen molar-refractivity contribution in [3.63, 3.8) is 0 Å². The van der Waals surface area contributed by atoms with Crippen LogP contribution < -0.4 is 17.1 Å². The maximum Gasteiger partial charge on any atom is 0.532 e. The molecule has 14 heteroatoms. The lowest BCUT2D eigenvalue weighted by molar-refractivity contribution is 0.00578. The summed E-state index contributed by atoms with van der Waals surface area (Å²) in [6.07, 6.45) is 3.09. The van der Waals surface area contributed by atoms with E-state index in [4.69, 9.17) is 29.6 Å². The quantitative estimate of drug-likeness (QED) is 0.242. The highest BCUT2D eigenvalue weighted by molar-refractivity contribution is 9.11. The number of nitrogens with zero attached hydrogens (tertiary/aromatic N) is 4. The van der Waals surface area contributed by atoms with Crippen molar-refractivity contribution in [1.29, 1.82) is 0 Å². The third-order valence-corrected chi connectivity index (χ3v) is 7.07. The minimum Gasteiger partial charge on any atom is -0.470 e. The van der Waals surface area contributed by atoms with Gasteiger partial charge in [0.1, 0.15) is 30.9 Å². The normalized spacial score (nSPS) is 15.3. The Hall–Kier alpha value is -2.26. The number of furan rings is 2. The fraction of sp³-hybridized carbons (Fsp3) is 0.333. The summed E-state index contributed by atoms with van der Waals surface area (Å²) in [4.78, 5) is 15.9. The van der Waals surface area contributed by atoms with Crippen LogP contribution in [0.25, 0.3) is 11.5 Å². The van der Waals surface area contributed by atoms with Gasteiger partial charge in [-0.3, -0.25) is 0 Å². The molecule has 4 N–H and O–H groups in total. The summed E-state index contributed by atoms with van der Waals surface area (Å²) in [6.45, 7) is 11.9. The van der Waals surface area contributed by atoms with Crippen LogP contribution in [0.3, 0.4) is 0 Å². The summed E-state index contributed by atoms with van der Waals surface area (Å²) in [5.74, 6) is 3.09. The van der Waals surface area contributed by atoms with Crippen LogP contribution >= 0.6 is 47.8 Å². The number of aromatic nitrogens is 4. The smallest absolute Gasteiger partial charge is 0.470 e. The van der Waals surface area contributed by atoms with Gasteiger partial charge in [-0.2, -0.15) is 0 Å². The Labute approximate surface area is 246 Å². The van der Waals surface area contributed by atoms with E-state index in [1.165, 1.54) is 0 Å². The first-order valence-electron chi connectivity index (χ1n) is 11.4. The third-order valence-electron chi connectivity index (χ3n) is 5.72. The van der Waals surface area contributed by atoms with Crippen LogP contribution in [0.15, 0.2) is 59.3 Å². The number of hydrogen-bond donors (Lipinski definition) is 2. The van der Waals surface area contributed by atoms with Gasteiger partial charge < -0.3 is 29.6 Å². The molecule has 4 aromatic rings. The number of hydrogen-bond acceptors (Lipinski definition) is 10. The number of rotatable bonds is 2. The second-order valence-corrected chi connectivity index (χ2v) is 11.6. The van der Waals surface area contributed by atoms with Gasteiger partial charge in [0.05, 0.1) is 29.4 Å². The highest BCUT2D eigenvalue weighted by Crippen LogP contribution is 2.36. The van der Waals surface area contributed by atoms with Gasteiger partial charge in [-0.05, 0) is 114 Å². The Morgan fingerprint density at radius 1 is 0.737 bits per heavy atom. The molecule has 1 aliphatic heterocycles. The van der Waals surface area contributed by atoms with E-state index < -0.39 is 0 Å². The van der Waals surface area contributed by atoms with Gasteiger partial charge in [-0.1, -0.05) is 0 Å². The molecule has 0 atom stereocenters. The summed E-state index contributed by atoms with van der Waals surface area (Å²) in [5.41, 5.74) is 11.7. The van der Waals surface area contributed by atoms with Gasteiger partial charge in [-0.25, -0.2) is 19.9 Å². The molecular weight excluding hydrogens is 687 g/mol. The molecule has 0 unspecified atom stereocenters. The van der Waals surface area contributed by atoms with E-state index in [2.05, 4.69) is 67.7 Å². The number of nitrogens with two attached hydrogens (primary N) is 2. The van der Waals surface area contributed by atoms with Crippen molar-refractivity contribution in [1.82, 2.24) is 19.9 Å². The van der Waals surface area contributed by atoms with E-state index in [1.807, 2.05) is 65.8 Å². The molecule has 0 amide bonds. The lowest BCUT2D eigenvalue weighted by Gasteiger charge is -2.32. The molecule has 5 heterocycles. The first-order valence-corrected chi connectivity index (χ1v) is 13.8. The van der Waals surface area contributed by atoms with Crippen LogP contribution in [-0.2, 0) is 9.31 Å². The molecule has 0 aliphatic carbocycles. The van der Waals surface area contributed by atoms with Crippen molar-refractivity contribution in [2.75, 3.05) is 11.5 Å². The maximum absolute atomic E-state index is 5.85. The lowest BCUT2D eigenvalue weighted by atomic mass is 9.86. The van der Waals surface area contributed by atoms with Crippen molar-refractivity contribution >= 4 is 72.2 Å². The Bertz CT molecular complexity index is 1380. The van der Waals surface area contributed by atoms with E-state index in [-0.39, 0.29) is 18.3 Å². The molecule has 1 aliphatic rings. The van der Waals surface area contributed by atoms with Gasteiger partial charge >= 0.3 is 7.12 Å². The van der Waals surface area contributed by atoms with Crippen molar-refractivity contribution in [3.8, 4) is 11.5 Å². The van der Waals surface area contributed by atoms with Crippen molar-refractivity contribution < 1.29 is 18.1 Å². The summed E-state index contributed by atoms with van der Waals surface area (Å²) in [6, 6.07) is 7.50. The van der Waals surface area contributed by atoms with Gasteiger partial charge in [0, 0.05) is 0 Å². The zero-order chi connectivity index (χ0) is 28.3. The monoisotopic (exact) mass is 712 g/mol. The van der Waals surface area contributed by atoms with E-state index in [0.29, 0.717) is 36.9 Å². The molecular formula is C24H28BBr3N6O4. The van der Waals surface area contributed by atoms with Crippen LogP contribution in [0.1, 0.15) is 39.2 Å². The molecule has 202 valence electrons. The van der Waals surface area contributed by atoms with Crippen molar-refractivity contribution in [2.24, 2.45) is 0 Å². The third kappa shape index (κ3) is 7.66. The van der Waals surface area contributed by atoms with Gasteiger partial charge in [0.25, 0.3) is 0 Å². The van der Waals surface area contributed by atoms with Crippen molar-refractivity contribution in [2.45, 2.75) is 52.7 Å². The lowest BCUT2D eigenvalue weighted by Crippen LogP contribution is -2.41. The highest BCUT2D eigenvalue weighted by atomic mass is 79.9. The minimum absolute atomic E-state index is 0.307. The molecule has 0 radical (unpaired) electrons. The Morgan fingerprint density at radius 3 is 1.74 bits per heavy atom.